The molecule has 4 saturated carbocycles. The topological polar surface area (TPSA) is 61.4 Å². The number of nitrogens with zero attached hydrogens (tertiary/aromatic N) is 1. The Labute approximate surface area is 221 Å². The number of unbranched alkanes of at least 4 members (excludes halogenated alkanes) is 5. The van der Waals surface area contributed by atoms with Crippen LogP contribution in [0.5, 0.6) is 0 Å². The van der Waals surface area contributed by atoms with Gasteiger partial charge in [-0.05, 0) is 117 Å². The molecule has 2 heterocycles. The summed E-state index contributed by atoms with van der Waals surface area (Å²) < 4.78 is 14.4. The molecule has 5 fully saturated rings. The van der Waals surface area contributed by atoms with Crippen LogP contribution in [0.4, 0.5) is 4.39 Å². The summed E-state index contributed by atoms with van der Waals surface area (Å²) >= 11 is 0. The zero-order valence-corrected chi connectivity index (χ0v) is 22.3. The van der Waals surface area contributed by atoms with Crippen LogP contribution in [0.25, 0.3) is 0 Å². The minimum atomic E-state index is -0.293. The molecule has 4 aliphatic carbocycles. The number of nitrogens with one attached hydrogen (secondary N) is 2. The number of aryl methyl sites for hydroxylation is 1. The van der Waals surface area contributed by atoms with Crippen molar-refractivity contribution in [3.63, 3.8) is 0 Å². The zero-order valence-electron chi connectivity index (χ0n) is 22.3. The van der Waals surface area contributed by atoms with Gasteiger partial charge >= 0.3 is 0 Å². The van der Waals surface area contributed by atoms with Gasteiger partial charge in [0.1, 0.15) is 5.82 Å². The summed E-state index contributed by atoms with van der Waals surface area (Å²) in [5, 5.41) is 6.49. The normalized spacial score (nSPS) is 32.7. The van der Waals surface area contributed by atoms with Gasteiger partial charge < -0.3 is 5.32 Å². The monoisotopic (exact) mass is 509 g/mol. The molecular formula is C31H44FN3O2. The molecule has 0 radical (unpaired) electrons. The lowest BCUT2D eigenvalue weighted by Gasteiger charge is -2.57. The fraction of sp³-hybridized carbons (Fsp3) is 0.742. The number of carbonyl (C=O) groups is 2. The summed E-state index contributed by atoms with van der Waals surface area (Å²) in [5.74, 6) is 2.46. The van der Waals surface area contributed by atoms with E-state index in [9.17, 15) is 14.0 Å². The lowest BCUT2D eigenvalue weighted by Crippen LogP contribution is -2.58. The Hall–Kier alpha value is -1.79. The molecular weight excluding hydrogens is 465 g/mol. The van der Waals surface area contributed by atoms with Gasteiger partial charge in [-0.2, -0.15) is 0 Å². The minimum Gasteiger partial charge on any atom is -0.311 e. The van der Waals surface area contributed by atoms with Crippen LogP contribution < -0.4 is 10.6 Å². The second-order valence-electron chi connectivity index (χ2n) is 13.1. The molecule has 4 bridgehead atoms. The third-order valence-electron chi connectivity index (χ3n) is 10.2. The number of benzene rings is 1. The molecule has 2 amide bonds. The molecule has 1 unspecified atom stereocenters. The first-order chi connectivity index (χ1) is 18.0. The fourth-order valence-corrected chi connectivity index (χ4v) is 8.88. The van der Waals surface area contributed by atoms with E-state index >= 15 is 0 Å². The van der Waals surface area contributed by atoms with Gasteiger partial charge in [0, 0.05) is 25.0 Å². The Morgan fingerprint density at radius 2 is 1.59 bits per heavy atom. The van der Waals surface area contributed by atoms with Crippen molar-refractivity contribution < 1.29 is 14.0 Å². The van der Waals surface area contributed by atoms with E-state index in [1.807, 2.05) is 0 Å². The van der Waals surface area contributed by atoms with Crippen molar-refractivity contribution in [3.8, 4) is 0 Å². The molecule has 0 spiro atoms. The molecule has 1 aromatic carbocycles. The number of amides is 2. The van der Waals surface area contributed by atoms with Gasteiger partial charge in [-0.25, -0.2) is 4.39 Å². The van der Waals surface area contributed by atoms with Gasteiger partial charge in [-0.3, -0.25) is 19.8 Å². The van der Waals surface area contributed by atoms with Crippen molar-refractivity contribution >= 4 is 11.8 Å². The van der Waals surface area contributed by atoms with Crippen LogP contribution >= 0.6 is 0 Å². The Kier molecular flexibility index (Phi) is 7.41. The number of hydrogen-bond donors (Lipinski definition) is 2. The summed E-state index contributed by atoms with van der Waals surface area (Å²) in [4.78, 5) is 25.9. The van der Waals surface area contributed by atoms with Crippen LogP contribution in [0.3, 0.4) is 0 Å². The van der Waals surface area contributed by atoms with Crippen molar-refractivity contribution in [1.82, 2.24) is 15.5 Å². The number of rotatable bonds is 11. The molecule has 1 aromatic rings. The van der Waals surface area contributed by atoms with Gasteiger partial charge in [0.25, 0.3) is 0 Å². The SMILES string of the molecule is O=C1CCC(N2Cc3cc(F)cc(CCCCCCCCNC45CC6CC(CC(C6)C4)C5)c3C2)C(=O)N1. The largest absolute Gasteiger partial charge is 0.311 e. The number of hydrogen-bond acceptors (Lipinski definition) is 4. The fourth-order valence-electron chi connectivity index (χ4n) is 8.88. The van der Waals surface area contributed by atoms with E-state index in [1.165, 1.54) is 82.7 Å². The van der Waals surface area contributed by atoms with Crippen LogP contribution in [-0.4, -0.2) is 34.8 Å². The van der Waals surface area contributed by atoms with Crippen LogP contribution in [-0.2, 0) is 29.1 Å². The highest BCUT2D eigenvalue weighted by atomic mass is 19.1. The van der Waals surface area contributed by atoms with Crippen LogP contribution in [0.15, 0.2) is 12.1 Å². The number of fused-ring (bicyclic) bond motifs is 1. The maximum absolute atomic E-state index is 14.4. The smallest absolute Gasteiger partial charge is 0.243 e. The lowest BCUT2D eigenvalue weighted by atomic mass is 9.53. The van der Waals surface area contributed by atoms with Crippen LogP contribution in [0, 0.1) is 23.6 Å². The third kappa shape index (κ3) is 5.66. The Balaban J connectivity index is 0.894. The third-order valence-corrected chi connectivity index (χ3v) is 10.2. The van der Waals surface area contributed by atoms with Crippen molar-refractivity contribution in [2.75, 3.05) is 6.54 Å². The maximum atomic E-state index is 14.4. The van der Waals surface area contributed by atoms with Crippen molar-refractivity contribution in [3.05, 3.63) is 34.6 Å². The molecule has 6 aliphatic rings. The molecule has 37 heavy (non-hydrogen) atoms. The molecule has 5 nitrogen and oxygen atoms in total. The van der Waals surface area contributed by atoms with E-state index in [2.05, 4.69) is 15.5 Å². The van der Waals surface area contributed by atoms with E-state index < -0.39 is 0 Å². The Bertz CT molecular complexity index is 989. The first-order valence-electron chi connectivity index (χ1n) is 15.1. The predicted molar refractivity (Wildman–Crippen MR) is 142 cm³/mol. The van der Waals surface area contributed by atoms with Crippen LogP contribution in [0.2, 0.25) is 0 Å². The zero-order chi connectivity index (χ0) is 25.4. The highest BCUT2D eigenvalue weighted by Gasteiger charge is 2.50. The molecule has 1 atom stereocenters. The number of halogens is 1. The van der Waals surface area contributed by atoms with Crippen molar-refractivity contribution in [1.29, 1.82) is 0 Å². The van der Waals surface area contributed by atoms with Gasteiger partial charge in [0.15, 0.2) is 0 Å². The van der Waals surface area contributed by atoms with Gasteiger partial charge in [-0.1, -0.05) is 25.7 Å². The Morgan fingerprint density at radius 1 is 0.919 bits per heavy atom. The first-order valence-corrected chi connectivity index (χ1v) is 15.1. The second-order valence-corrected chi connectivity index (χ2v) is 13.1. The lowest BCUT2D eigenvalue weighted by molar-refractivity contribution is -0.137. The maximum Gasteiger partial charge on any atom is 0.243 e. The van der Waals surface area contributed by atoms with Gasteiger partial charge in [-0.15, -0.1) is 0 Å². The molecule has 6 heteroatoms. The molecule has 0 aromatic heterocycles. The standard InChI is InChI=1S/C31H44FN3O2/c32-26-14-24(27-20-35(19-25(27)15-26)28-8-9-29(36)34-30(28)37)7-5-3-1-2-4-6-10-33-31-16-21-11-22(17-31)13-23(12-21)18-31/h14-15,21-23,28,33H,1-13,16-20H2,(H,34,36,37). The quantitative estimate of drug-likeness (QED) is 0.310. The highest BCUT2D eigenvalue weighted by molar-refractivity contribution is 6.00. The summed E-state index contributed by atoms with van der Waals surface area (Å²) in [6.07, 6.45) is 18.1. The minimum absolute atomic E-state index is 0.176. The molecule has 202 valence electrons. The Morgan fingerprint density at radius 3 is 2.30 bits per heavy atom. The number of piperidine rings is 1. The highest BCUT2D eigenvalue weighted by Crippen LogP contribution is 2.55. The van der Waals surface area contributed by atoms with Gasteiger partial charge in [0.05, 0.1) is 6.04 Å². The summed E-state index contributed by atoms with van der Waals surface area (Å²) in [6, 6.07) is 3.03. The van der Waals surface area contributed by atoms with Crippen molar-refractivity contribution in [2.24, 2.45) is 17.8 Å². The van der Waals surface area contributed by atoms with E-state index in [0.717, 1.165) is 41.7 Å². The van der Waals surface area contributed by atoms with E-state index in [1.54, 1.807) is 12.1 Å². The van der Waals surface area contributed by atoms with E-state index in [0.29, 0.717) is 31.5 Å². The summed E-state index contributed by atoms with van der Waals surface area (Å²) in [5.41, 5.74) is 3.80. The number of carbonyl (C=O) groups excluding carboxylic acids is 2. The second kappa shape index (κ2) is 10.8. The molecule has 2 aliphatic heterocycles. The molecule has 2 N–H and O–H groups in total. The summed E-state index contributed by atoms with van der Waals surface area (Å²) in [7, 11) is 0. The van der Waals surface area contributed by atoms with Gasteiger partial charge in [0.2, 0.25) is 11.8 Å². The average molecular weight is 510 g/mol. The summed E-state index contributed by atoms with van der Waals surface area (Å²) in [6.45, 7) is 2.45. The average Bonchev–Trinajstić information content (AvgIpc) is 3.25. The van der Waals surface area contributed by atoms with Crippen LogP contribution in [0.1, 0.15) is 107 Å². The first kappa shape index (κ1) is 25.5. The van der Waals surface area contributed by atoms with E-state index in [-0.39, 0.29) is 23.7 Å². The molecule has 7 rings (SSSR count). The number of imide groups is 1. The van der Waals surface area contributed by atoms with Crippen molar-refractivity contribution in [2.45, 2.75) is 121 Å². The molecule has 1 saturated heterocycles. The van der Waals surface area contributed by atoms with E-state index in [4.69, 9.17) is 0 Å². The predicted octanol–water partition coefficient (Wildman–Crippen LogP) is 5.39.